The van der Waals surface area contributed by atoms with Crippen molar-refractivity contribution in [1.82, 2.24) is 5.32 Å². The highest BCUT2D eigenvalue weighted by Gasteiger charge is 2.36. The molecule has 0 heterocycles. The monoisotopic (exact) mass is 305 g/mol. The number of amides is 1. The summed E-state index contributed by atoms with van der Waals surface area (Å²) in [6.45, 7) is 4.71. The molecule has 1 unspecified atom stereocenters. The van der Waals surface area contributed by atoms with Gasteiger partial charge in [-0.3, -0.25) is 9.59 Å². The smallest absolute Gasteiger partial charge is 0.407 e. The first-order valence-electron chi connectivity index (χ1n) is 6.68. The minimum absolute atomic E-state index is 0.0116. The Balaban J connectivity index is 3.14. The summed E-state index contributed by atoms with van der Waals surface area (Å²) >= 11 is 0. The van der Waals surface area contributed by atoms with Gasteiger partial charge in [-0.05, 0) is 12.5 Å². The van der Waals surface area contributed by atoms with Crippen molar-refractivity contribution in [1.29, 1.82) is 0 Å². The molecule has 0 bridgehead atoms. The summed E-state index contributed by atoms with van der Waals surface area (Å²) in [5.41, 5.74) is 0.601. The predicted octanol–water partition coefficient (Wildman–Crippen LogP) is 2.02. The number of carbonyl (C=O) groups excluding carboxylic acids is 3. The highest BCUT2D eigenvalue weighted by atomic mass is 16.5. The van der Waals surface area contributed by atoms with Crippen LogP contribution < -0.4 is 5.32 Å². The molecule has 22 heavy (non-hydrogen) atoms. The number of carbonyl (C=O) groups is 3. The molecule has 6 heteroatoms. The van der Waals surface area contributed by atoms with E-state index < -0.39 is 29.8 Å². The Bertz CT molecular complexity index is 541. The molecule has 1 N–H and O–H groups in total. The number of nitrogens with one attached hydrogen (secondary N) is 1. The molecule has 1 amide bonds. The van der Waals surface area contributed by atoms with Gasteiger partial charge in [-0.1, -0.05) is 43.0 Å². The highest BCUT2D eigenvalue weighted by Crippen LogP contribution is 2.24. The van der Waals surface area contributed by atoms with E-state index in [0.29, 0.717) is 5.56 Å². The Kier molecular flexibility index (Phi) is 6.82. The lowest BCUT2D eigenvalue weighted by atomic mass is 9.90. The van der Waals surface area contributed by atoms with Crippen molar-refractivity contribution in [3.8, 4) is 0 Å². The number of hydrogen-bond donors (Lipinski definition) is 1. The molecule has 0 aliphatic carbocycles. The van der Waals surface area contributed by atoms with E-state index >= 15 is 0 Å². The highest BCUT2D eigenvalue weighted by molar-refractivity contribution is 5.99. The third-order valence-corrected chi connectivity index (χ3v) is 2.99. The van der Waals surface area contributed by atoms with Gasteiger partial charge in [-0.25, -0.2) is 4.79 Å². The van der Waals surface area contributed by atoms with Crippen molar-refractivity contribution in [3.05, 3.63) is 48.6 Å². The van der Waals surface area contributed by atoms with E-state index in [2.05, 4.69) is 16.6 Å². The molecule has 0 saturated heterocycles. The second-order valence-corrected chi connectivity index (χ2v) is 4.53. The largest absolute Gasteiger partial charge is 0.461 e. The number of methoxy groups -OCH3 is 1. The Hall–Kier alpha value is -2.63. The number of ketones is 1. The fourth-order valence-corrected chi connectivity index (χ4v) is 1.97. The second kappa shape index (κ2) is 8.61. The molecule has 0 radical (unpaired) electrons. The number of esters is 1. The first-order valence-corrected chi connectivity index (χ1v) is 6.68. The molecule has 1 aromatic rings. The van der Waals surface area contributed by atoms with Crippen LogP contribution in [0.1, 0.15) is 18.5 Å². The molecular weight excluding hydrogens is 286 g/mol. The summed E-state index contributed by atoms with van der Waals surface area (Å²) < 4.78 is 9.53. The number of rotatable bonds is 7. The zero-order chi connectivity index (χ0) is 16.5. The molecular formula is C16H19NO5. The molecule has 0 saturated carbocycles. The molecule has 1 rings (SSSR count). The van der Waals surface area contributed by atoms with Gasteiger partial charge < -0.3 is 14.8 Å². The summed E-state index contributed by atoms with van der Waals surface area (Å²) in [6.07, 6.45) is 0.664. The lowest BCUT2D eigenvalue weighted by molar-refractivity contribution is -0.151. The Morgan fingerprint density at radius 3 is 2.41 bits per heavy atom. The minimum Gasteiger partial charge on any atom is -0.461 e. The number of alkyl carbamates (subject to hydrolysis) is 1. The quantitative estimate of drug-likeness (QED) is 0.473. The third-order valence-electron chi connectivity index (χ3n) is 2.99. The fourth-order valence-electron chi connectivity index (χ4n) is 1.97. The van der Waals surface area contributed by atoms with Gasteiger partial charge in [0.1, 0.15) is 18.3 Å². The molecule has 1 aromatic carbocycles. The van der Waals surface area contributed by atoms with E-state index in [1.165, 1.54) is 20.1 Å². The van der Waals surface area contributed by atoms with E-state index in [9.17, 15) is 14.4 Å². The van der Waals surface area contributed by atoms with Crippen LogP contribution in [-0.4, -0.2) is 31.6 Å². The maximum Gasteiger partial charge on any atom is 0.407 e. The number of ether oxygens (including phenoxy) is 2. The van der Waals surface area contributed by atoms with Gasteiger partial charge in [0.05, 0.1) is 13.2 Å². The SMILES string of the molecule is C=CCOC(=O)C(C(C)=O)[C@@H](NC(=O)OC)c1ccccc1. The molecule has 118 valence electrons. The molecule has 0 fully saturated rings. The van der Waals surface area contributed by atoms with Crippen molar-refractivity contribution in [2.45, 2.75) is 13.0 Å². The number of hydrogen-bond acceptors (Lipinski definition) is 5. The Morgan fingerprint density at radius 1 is 1.27 bits per heavy atom. The summed E-state index contributed by atoms with van der Waals surface area (Å²) in [5, 5.41) is 2.51. The molecule has 0 aromatic heterocycles. The average Bonchev–Trinajstić information content (AvgIpc) is 2.52. The topological polar surface area (TPSA) is 81.7 Å². The van der Waals surface area contributed by atoms with Gasteiger partial charge in [-0.2, -0.15) is 0 Å². The maximum absolute atomic E-state index is 12.1. The van der Waals surface area contributed by atoms with Crippen LogP contribution in [0.3, 0.4) is 0 Å². The summed E-state index contributed by atoms with van der Waals surface area (Å²) in [6, 6.07) is 7.82. The fraction of sp³-hybridized carbons (Fsp3) is 0.312. The van der Waals surface area contributed by atoms with Crippen LogP contribution >= 0.6 is 0 Å². The van der Waals surface area contributed by atoms with Gasteiger partial charge >= 0.3 is 12.1 Å². The number of benzene rings is 1. The van der Waals surface area contributed by atoms with Gasteiger partial charge in [0.15, 0.2) is 0 Å². The Labute approximate surface area is 129 Å². The average molecular weight is 305 g/mol. The van der Waals surface area contributed by atoms with Crippen LogP contribution in [-0.2, 0) is 19.1 Å². The van der Waals surface area contributed by atoms with Crippen molar-refractivity contribution >= 4 is 17.8 Å². The van der Waals surface area contributed by atoms with Crippen molar-refractivity contribution in [2.75, 3.05) is 13.7 Å². The standard InChI is InChI=1S/C16H19NO5/c1-4-10-22-15(19)13(11(2)18)14(17-16(20)21-3)12-8-6-5-7-9-12/h4-9,13-14H,1,10H2,2-3H3,(H,17,20)/t13?,14-/m0/s1. The van der Waals surface area contributed by atoms with Crippen LogP contribution in [0.25, 0.3) is 0 Å². The van der Waals surface area contributed by atoms with Crippen LogP contribution in [0.15, 0.2) is 43.0 Å². The van der Waals surface area contributed by atoms with Gasteiger partial charge in [-0.15, -0.1) is 0 Å². The zero-order valence-electron chi connectivity index (χ0n) is 12.6. The van der Waals surface area contributed by atoms with E-state index in [-0.39, 0.29) is 6.61 Å². The van der Waals surface area contributed by atoms with Gasteiger partial charge in [0, 0.05) is 0 Å². The first-order chi connectivity index (χ1) is 10.5. The minimum atomic E-state index is -1.17. The second-order valence-electron chi connectivity index (χ2n) is 4.53. The summed E-state index contributed by atoms with van der Waals surface area (Å²) in [4.78, 5) is 35.6. The van der Waals surface area contributed by atoms with Crippen molar-refractivity contribution in [2.24, 2.45) is 5.92 Å². The molecule has 2 atom stereocenters. The van der Waals surface area contributed by atoms with Crippen molar-refractivity contribution < 1.29 is 23.9 Å². The number of Topliss-reactive ketones (excluding diaryl/α,β-unsaturated/α-hetero) is 1. The maximum atomic E-state index is 12.1. The molecule has 0 spiro atoms. The molecule has 6 nitrogen and oxygen atoms in total. The van der Waals surface area contributed by atoms with Gasteiger partial charge in [0.2, 0.25) is 0 Å². The van der Waals surface area contributed by atoms with Crippen LogP contribution in [0.5, 0.6) is 0 Å². The van der Waals surface area contributed by atoms with E-state index in [1.54, 1.807) is 30.3 Å². The Morgan fingerprint density at radius 2 is 1.91 bits per heavy atom. The van der Waals surface area contributed by atoms with Crippen molar-refractivity contribution in [3.63, 3.8) is 0 Å². The van der Waals surface area contributed by atoms with E-state index in [0.717, 1.165) is 0 Å². The lowest BCUT2D eigenvalue weighted by Gasteiger charge is -2.24. The van der Waals surface area contributed by atoms with Crippen LogP contribution in [0, 0.1) is 5.92 Å². The van der Waals surface area contributed by atoms with Gasteiger partial charge in [0.25, 0.3) is 0 Å². The first kappa shape index (κ1) is 17.4. The summed E-state index contributed by atoms with van der Waals surface area (Å²) in [5.74, 6) is -2.31. The molecule has 0 aliphatic rings. The lowest BCUT2D eigenvalue weighted by Crippen LogP contribution is -2.40. The summed E-state index contributed by atoms with van der Waals surface area (Å²) in [7, 11) is 1.20. The predicted molar refractivity (Wildman–Crippen MR) is 80.1 cm³/mol. The van der Waals surface area contributed by atoms with E-state index in [1.807, 2.05) is 0 Å². The molecule has 0 aliphatic heterocycles. The zero-order valence-corrected chi connectivity index (χ0v) is 12.6. The third kappa shape index (κ3) is 4.73. The normalized spacial score (nSPS) is 12.6. The van der Waals surface area contributed by atoms with Crippen LogP contribution in [0.2, 0.25) is 0 Å². The van der Waals surface area contributed by atoms with Crippen LogP contribution in [0.4, 0.5) is 4.79 Å². The van der Waals surface area contributed by atoms with E-state index in [4.69, 9.17) is 4.74 Å².